The lowest BCUT2D eigenvalue weighted by atomic mass is 9.57. The van der Waals surface area contributed by atoms with Gasteiger partial charge in [0, 0.05) is 49.1 Å². The predicted molar refractivity (Wildman–Crippen MR) is 148 cm³/mol. The highest BCUT2D eigenvalue weighted by Crippen LogP contribution is 2.53. The smallest absolute Gasteiger partial charge is 0.321 e. The zero-order valence-electron chi connectivity index (χ0n) is 23.0. The minimum absolute atomic E-state index is 0.0570. The first kappa shape index (κ1) is 26.3. The molecule has 0 unspecified atom stereocenters. The van der Waals surface area contributed by atoms with Crippen LogP contribution in [0.3, 0.4) is 0 Å². The van der Waals surface area contributed by atoms with Gasteiger partial charge in [-0.05, 0) is 85.0 Å². The summed E-state index contributed by atoms with van der Waals surface area (Å²) < 4.78 is 44.8. The van der Waals surface area contributed by atoms with E-state index in [1.807, 2.05) is 29.8 Å². The number of aryl methyl sites for hydroxylation is 1. The minimum atomic E-state index is -4.54. The van der Waals surface area contributed by atoms with Gasteiger partial charge in [0.1, 0.15) is 12.2 Å². The van der Waals surface area contributed by atoms with Crippen molar-refractivity contribution < 1.29 is 18.0 Å². The predicted octanol–water partition coefficient (Wildman–Crippen LogP) is 5.50. The summed E-state index contributed by atoms with van der Waals surface area (Å²) in [6, 6.07) is 10.6. The second-order valence-corrected chi connectivity index (χ2v) is 12.7. The number of carbonyl (C=O) groups is 1. The van der Waals surface area contributed by atoms with Crippen LogP contribution in [0.25, 0.3) is 0 Å². The van der Waals surface area contributed by atoms with Crippen molar-refractivity contribution in [2.45, 2.75) is 63.2 Å². The Morgan fingerprint density at radius 1 is 1.15 bits per heavy atom. The number of nitrogens with zero attached hydrogens (tertiary/aromatic N) is 5. The van der Waals surface area contributed by atoms with Gasteiger partial charge in [-0.25, -0.2) is 0 Å². The second kappa shape index (κ2) is 9.18. The molecule has 2 aliphatic heterocycles. The molecule has 3 heterocycles. The fraction of sp³-hybridized carbons (Fsp3) is 0.469. The molecule has 7 rings (SSSR count). The van der Waals surface area contributed by atoms with E-state index in [4.69, 9.17) is 6.42 Å². The standard InChI is InChI=1S/C32H32F3N5O/c1-3-21-14-31(15-21,16-28-37-36-20-38(28)2)23-5-4-6-24(13-23)40-18-26-25(29(40)41)11-22(12-27(26)32(33,34)35)17-39-10-9-30(19-39)7-8-30/h1,4-6,11-13,20-21H,7-10,14-19H2,2H3. The summed E-state index contributed by atoms with van der Waals surface area (Å²) >= 11 is 0. The van der Waals surface area contributed by atoms with Crippen LogP contribution in [-0.4, -0.2) is 38.7 Å². The normalized spacial score (nSPS) is 24.9. The quantitative estimate of drug-likeness (QED) is 0.374. The molecule has 6 nitrogen and oxygen atoms in total. The van der Waals surface area contributed by atoms with Gasteiger partial charge >= 0.3 is 6.18 Å². The molecule has 41 heavy (non-hydrogen) atoms. The molecule has 3 fully saturated rings. The van der Waals surface area contributed by atoms with E-state index >= 15 is 0 Å². The molecule has 9 heteroatoms. The lowest BCUT2D eigenvalue weighted by Gasteiger charge is -2.46. The van der Waals surface area contributed by atoms with Gasteiger partial charge in [0.25, 0.3) is 5.91 Å². The van der Waals surface area contributed by atoms with Gasteiger partial charge in [0.05, 0.1) is 12.1 Å². The maximum atomic E-state index is 14.3. The Hall–Kier alpha value is -3.64. The summed E-state index contributed by atoms with van der Waals surface area (Å²) in [5.41, 5.74) is 1.77. The average Bonchev–Trinajstić information content (AvgIpc) is 3.19. The first-order valence-electron chi connectivity index (χ1n) is 14.2. The molecule has 0 atom stereocenters. The zero-order valence-corrected chi connectivity index (χ0v) is 23.0. The molecule has 1 amide bonds. The molecule has 1 saturated heterocycles. The van der Waals surface area contributed by atoms with E-state index in [1.165, 1.54) is 23.8 Å². The lowest BCUT2D eigenvalue weighted by molar-refractivity contribution is -0.138. The van der Waals surface area contributed by atoms with Crippen LogP contribution in [0.1, 0.15) is 70.5 Å². The molecule has 4 aliphatic rings. The maximum Gasteiger partial charge on any atom is 0.416 e. The van der Waals surface area contributed by atoms with Crippen LogP contribution in [0.15, 0.2) is 42.7 Å². The van der Waals surface area contributed by atoms with Crippen molar-refractivity contribution in [2.75, 3.05) is 18.0 Å². The highest BCUT2D eigenvalue weighted by molar-refractivity contribution is 6.10. The highest BCUT2D eigenvalue weighted by Gasteiger charge is 2.48. The molecular formula is C32H32F3N5O. The summed E-state index contributed by atoms with van der Waals surface area (Å²) in [7, 11) is 1.90. The summed E-state index contributed by atoms with van der Waals surface area (Å²) in [5, 5.41) is 8.29. The summed E-state index contributed by atoms with van der Waals surface area (Å²) in [6.45, 7) is 2.14. The fourth-order valence-electron chi connectivity index (χ4n) is 7.28. The number of hydrogen-bond donors (Lipinski definition) is 0. The summed E-state index contributed by atoms with van der Waals surface area (Å²) in [6.07, 6.45) is 8.55. The number of amides is 1. The van der Waals surface area contributed by atoms with E-state index in [9.17, 15) is 18.0 Å². The first-order chi connectivity index (χ1) is 19.6. The topological polar surface area (TPSA) is 54.3 Å². The van der Waals surface area contributed by atoms with Crippen LogP contribution in [0.4, 0.5) is 18.9 Å². The van der Waals surface area contributed by atoms with Gasteiger partial charge in [-0.3, -0.25) is 9.69 Å². The van der Waals surface area contributed by atoms with Crippen molar-refractivity contribution in [3.8, 4) is 12.3 Å². The van der Waals surface area contributed by atoms with Gasteiger partial charge in [-0.1, -0.05) is 12.1 Å². The Labute approximate surface area is 237 Å². The van der Waals surface area contributed by atoms with Gasteiger partial charge in [0.2, 0.25) is 0 Å². The Balaban J connectivity index is 1.20. The van der Waals surface area contributed by atoms with E-state index in [1.54, 1.807) is 18.5 Å². The molecular weight excluding hydrogens is 527 g/mol. The number of rotatable bonds is 6. The second-order valence-electron chi connectivity index (χ2n) is 12.7. The molecule has 2 aromatic carbocycles. The molecule has 2 aliphatic carbocycles. The molecule has 0 bridgehead atoms. The van der Waals surface area contributed by atoms with Crippen LogP contribution in [0.5, 0.6) is 0 Å². The number of likely N-dealkylation sites (tertiary alicyclic amines) is 1. The third-order valence-corrected chi connectivity index (χ3v) is 9.87. The van der Waals surface area contributed by atoms with Gasteiger partial charge in [-0.2, -0.15) is 13.2 Å². The van der Waals surface area contributed by atoms with E-state index in [0.717, 1.165) is 43.7 Å². The lowest BCUT2D eigenvalue weighted by Crippen LogP contribution is -2.43. The third-order valence-electron chi connectivity index (χ3n) is 9.87. The van der Waals surface area contributed by atoms with Crippen molar-refractivity contribution in [3.05, 3.63) is 76.4 Å². The van der Waals surface area contributed by atoms with Crippen molar-refractivity contribution >= 4 is 11.6 Å². The first-order valence-corrected chi connectivity index (χ1v) is 14.2. The minimum Gasteiger partial charge on any atom is -0.321 e. The van der Waals surface area contributed by atoms with Crippen LogP contribution < -0.4 is 4.90 Å². The van der Waals surface area contributed by atoms with Gasteiger partial charge in [-0.15, -0.1) is 22.5 Å². The Bertz CT molecular complexity index is 1570. The number of aromatic nitrogens is 3. The number of benzene rings is 2. The largest absolute Gasteiger partial charge is 0.416 e. The van der Waals surface area contributed by atoms with E-state index < -0.39 is 11.7 Å². The van der Waals surface area contributed by atoms with Gasteiger partial charge < -0.3 is 9.47 Å². The number of halogens is 3. The SMILES string of the molecule is C#CC1CC(Cc2nncn2C)(c2cccc(N3Cc4c(cc(CN5CCC6(CC6)C5)cc4C(F)(F)F)C3=O)c2)C1. The summed E-state index contributed by atoms with van der Waals surface area (Å²) in [4.78, 5) is 17.4. The molecule has 1 aromatic heterocycles. The number of terminal acetylenes is 1. The van der Waals surface area contributed by atoms with Crippen molar-refractivity contribution in [1.82, 2.24) is 19.7 Å². The van der Waals surface area contributed by atoms with Crippen LogP contribution >= 0.6 is 0 Å². The number of hydrogen-bond acceptors (Lipinski definition) is 4. The molecule has 1 spiro atoms. The van der Waals surface area contributed by atoms with Crippen LogP contribution in [-0.2, 0) is 38.1 Å². The van der Waals surface area contributed by atoms with Crippen molar-refractivity contribution in [3.63, 3.8) is 0 Å². The summed E-state index contributed by atoms with van der Waals surface area (Å²) in [5.74, 6) is 3.44. The molecule has 2 saturated carbocycles. The molecule has 0 N–H and O–H groups in total. The van der Waals surface area contributed by atoms with Crippen molar-refractivity contribution in [2.24, 2.45) is 18.4 Å². The number of anilines is 1. The number of carbonyl (C=O) groups excluding carboxylic acids is 1. The monoisotopic (exact) mass is 559 g/mol. The number of alkyl halides is 3. The van der Waals surface area contributed by atoms with Crippen molar-refractivity contribution in [1.29, 1.82) is 0 Å². The molecule has 3 aromatic rings. The van der Waals surface area contributed by atoms with Crippen LogP contribution in [0, 0.1) is 23.7 Å². The van der Waals surface area contributed by atoms with E-state index in [0.29, 0.717) is 29.6 Å². The van der Waals surface area contributed by atoms with E-state index in [2.05, 4.69) is 21.0 Å². The Kier molecular flexibility index (Phi) is 5.88. The fourth-order valence-corrected chi connectivity index (χ4v) is 7.28. The Morgan fingerprint density at radius 2 is 1.95 bits per heavy atom. The maximum absolute atomic E-state index is 14.3. The van der Waals surface area contributed by atoms with E-state index in [-0.39, 0.29) is 34.9 Å². The molecule has 212 valence electrons. The van der Waals surface area contributed by atoms with Gasteiger partial charge in [0.15, 0.2) is 0 Å². The molecule has 0 radical (unpaired) electrons. The number of fused-ring (bicyclic) bond motifs is 1. The van der Waals surface area contributed by atoms with Crippen LogP contribution in [0.2, 0.25) is 0 Å². The Morgan fingerprint density at radius 3 is 2.61 bits per heavy atom. The highest BCUT2D eigenvalue weighted by atomic mass is 19.4. The zero-order chi connectivity index (χ0) is 28.6. The third kappa shape index (κ3) is 4.53. The average molecular weight is 560 g/mol.